The van der Waals surface area contributed by atoms with Crippen LogP contribution in [0.5, 0.6) is 0 Å². The highest BCUT2D eigenvalue weighted by atomic mass is 19.1. The van der Waals surface area contributed by atoms with Gasteiger partial charge in [0.15, 0.2) is 0 Å². The van der Waals surface area contributed by atoms with E-state index in [4.69, 9.17) is 0 Å². The number of halogens is 1. The number of hydrogen-bond acceptors (Lipinski definition) is 2. The molecule has 2 fully saturated rings. The second kappa shape index (κ2) is 4.04. The first-order chi connectivity index (χ1) is 9.22. The molecule has 3 heterocycles. The maximum Gasteiger partial charge on any atom is 0.125 e. The molecule has 4 atom stereocenters. The van der Waals surface area contributed by atoms with Gasteiger partial charge in [-0.2, -0.15) is 5.10 Å². The molecule has 2 aliphatic heterocycles. The van der Waals surface area contributed by atoms with Gasteiger partial charge in [-0.3, -0.25) is 10.00 Å². The zero-order chi connectivity index (χ0) is 13.0. The molecule has 2 aromatic rings. The normalized spacial score (nSPS) is 34.0. The number of hydrogen-bond donors (Lipinski definition) is 1. The molecule has 2 aliphatic rings. The van der Waals surface area contributed by atoms with Crippen molar-refractivity contribution in [3.8, 4) is 0 Å². The summed E-state index contributed by atoms with van der Waals surface area (Å²) in [6.07, 6.45) is 2.55. The number of aromatic nitrogens is 2. The molecule has 1 aromatic carbocycles. The van der Waals surface area contributed by atoms with Crippen LogP contribution in [0.1, 0.15) is 31.4 Å². The highest BCUT2D eigenvalue weighted by Crippen LogP contribution is 2.41. The molecule has 0 radical (unpaired) electrons. The summed E-state index contributed by atoms with van der Waals surface area (Å²) < 4.78 is 13.2. The second-order valence-electron chi connectivity index (χ2n) is 6.02. The Labute approximate surface area is 111 Å². The Kier molecular flexibility index (Phi) is 2.42. The highest BCUT2D eigenvalue weighted by Gasteiger charge is 2.39. The lowest BCUT2D eigenvalue weighted by Gasteiger charge is -2.35. The Balaban J connectivity index is 1.72. The van der Waals surface area contributed by atoms with Crippen LogP contribution in [0.15, 0.2) is 18.2 Å². The Bertz CT molecular complexity index is 607. The van der Waals surface area contributed by atoms with E-state index in [1.165, 1.54) is 37.2 Å². The standard InChI is InChI=1S/C15H18FN3/c1-9-10-4-5-19(9)8-11(6-10)15-13-3-2-12(16)7-14(13)17-18-15/h2-3,7,9-11H,4-6,8H2,1H3,(H,17,18). The van der Waals surface area contributed by atoms with E-state index in [1.807, 2.05) is 6.07 Å². The Morgan fingerprint density at radius 3 is 3.16 bits per heavy atom. The number of rotatable bonds is 1. The first-order valence-corrected chi connectivity index (χ1v) is 7.10. The molecule has 2 saturated heterocycles. The number of fused-ring (bicyclic) bond motifs is 3. The maximum atomic E-state index is 13.2. The lowest BCUT2D eigenvalue weighted by molar-refractivity contribution is 0.170. The van der Waals surface area contributed by atoms with E-state index < -0.39 is 0 Å². The molecule has 100 valence electrons. The third-order valence-electron chi connectivity index (χ3n) is 5.04. The molecule has 0 amide bonds. The molecular weight excluding hydrogens is 241 g/mol. The van der Waals surface area contributed by atoms with Crippen molar-refractivity contribution < 1.29 is 4.39 Å². The van der Waals surface area contributed by atoms with Gasteiger partial charge in [-0.1, -0.05) is 0 Å². The van der Waals surface area contributed by atoms with Gasteiger partial charge in [0.2, 0.25) is 0 Å². The van der Waals surface area contributed by atoms with Crippen molar-refractivity contribution in [2.75, 3.05) is 13.1 Å². The van der Waals surface area contributed by atoms with Crippen molar-refractivity contribution in [3.63, 3.8) is 0 Å². The summed E-state index contributed by atoms with van der Waals surface area (Å²) in [4.78, 5) is 2.58. The van der Waals surface area contributed by atoms with Crippen LogP contribution in [0.4, 0.5) is 4.39 Å². The molecule has 1 N–H and O–H groups in total. The third kappa shape index (κ3) is 1.70. The monoisotopic (exact) mass is 259 g/mol. The summed E-state index contributed by atoms with van der Waals surface area (Å²) in [5.41, 5.74) is 1.94. The minimum Gasteiger partial charge on any atom is -0.300 e. The minimum atomic E-state index is -0.216. The van der Waals surface area contributed by atoms with Crippen molar-refractivity contribution in [2.45, 2.75) is 31.7 Å². The zero-order valence-electron chi connectivity index (χ0n) is 11.1. The average molecular weight is 259 g/mol. The van der Waals surface area contributed by atoms with Gasteiger partial charge < -0.3 is 0 Å². The fourth-order valence-corrected chi connectivity index (χ4v) is 3.90. The number of benzene rings is 1. The van der Waals surface area contributed by atoms with E-state index >= 15 is 0 Å². The van der Waals surface area contributed by atoms with Crippen molar-refractivity contribution in [1.82, 2.24) is 15.1 Å². The molecular formula is C15H18FN3. The van der Waals surface area contributed by atoms with E-state index in [-0.39, 0.29) is 5.82 Å². The maximum absolute atomic E-state index is 13.2. The van der Waals surface area contributed by atoms with Gasteiger partial charge in [-0.05, 0) is 44.4 Å². The topological polar surface area (TPSA) is 31.9 Å². The molecule has 2 bridgehead atoms. The number of nitrogens with one attached hydrogen (secondary N) is 1. The number of aromatic amines is 1. The predicted molar refractivity (Wildman–Crippen MR) is 72.6 cm³/mol. The fourth-order valence-electron chi connectivity index (χ4n) is 3.90. The fraction of sp³-hybridized carbons (Fsp3) is 0.533. The molecule has 19 heavy (non-hydrogen) atoms. The van der Waals surface area contributed by atoms with E-state index in [1.54, 1.807) is 0 Å². The Hall–Kier alpha value is -1.42. The summed E-state index contributed by atoms with van der Waals surface area (Å²) in [7, 11) is 0. The second-order valence-corrected chi connectivity index (χ2v) is 6.02. The number of piperidine rings is 1. The molecule has 4 unspecified atom stereocenters. The summed E-state index contributed by atoms with van der Waals surface area (Å²) in [5, 5.41) is 8.50. The quantitative estimate of drug-likeness (QED) is 0.854. The summed E-state index contributed by atoms with van der Waals surface area (Å²) in [5.74, 6) is 1.10. The van der Waals surface area contributed by atoms with Gasteiger partial charge in [-0.25, -0.2) is 4.39 Å². The van der Waals surface area contributed by atoms with Gasteiger partial charge in [-0.15, -0.1) is 0 Å². The molecule has 4 rings (SSSR count). The van der Waals surface area contributed by atoms with Crippen molar-refractivity contribution in [1.29, 1.82) is 0 Å². The van der Waals surface area contributed by atoms with Gasteiger partial charge in [0.1, 0.15) is 5.82 Å². The molecule has 3 nitrogen and oxygen atoms in total. The highest BCUT2D eigenvalue weighted by molar-refractivity contribution is 5.81. The number of nitrogens with zero attached hydrogens (tertiary/aromatic N) is 2. The average Bonchev–Trinajstić information content (AvgIpc) is 2.87. The van der Waals surface area contributed by atoms with Crippen molar-refractivity contribution in [3.05, 3.63) is 29.7 Å². The third-order valence-corrected chi connectivity index (χ3v) is 5.04. The van der Waals surface area contributed by atoms with Crippen LogP contribution in [-0.2, 0) is 0 Å². The first kappa shape index (κ1) is 11.4. The van der Waals surface area contributed by atoms with Gasteiger partial charge >= 0.3 is 0 Å². The molecule has 0 spiro atoms. The lowest BCUT2D eigenvalue weighted by Crippen LogP contribution is -2.39. The predicted octanol–water partition coefficient (Wildman–Crippen LogP) is 2.90. The van der Waals surface area contributed by atoms with Crippen LogP contribution in [-0.4, -0.2) is 34.2 Å². The van der Waals surface area contributed by atoms with Gasteiger partial charge in [0, 0.05) is 35.7 Å². The zero-order valence-corrected chi connectivity index (χ0v) is 11.1. The van der Waals surface area contributed by atoms with Crippen LogP contribution in [0, 0.1) is 11.7 Å². The van der Waals surface area contributed by atoms with Gasteiger partial charge in [0.25, 0.3) is 0 Å². The SMILES string of the molecule is CC1C2CCN1CC(c1[nH]nc3cc(F)ccc13)C2. The van der Waals surface area contributed by atoms with E-state index in [0.29, 0.717) is 5.92 Å². The largest absolute Gasteiger partial charge is 0.300 e. The first-order valence-electron chi connectivity index (χ1n) is 7.10. The molecule has 0 saturated carbocycles. The van der Waals surface area contributed by atoms with Gasteiger partial charge in [0.05, 0.1) is 5.52 Å². The van der Waals surface area contributed by atoms with Crippen molar-refractivity contribution in [2.24, 2.45) is 5.92 Å². The van der Waals surface area contributed by atoms with Crippen LogP contribution >= 0.6 is 0 Å². The van der Waals surface area contributed by atoms with Crippen LogP contribution in [0.2, 0.25) is 0 Å². The smallest absolute Gasteiger partial charge is 0.125 e. The summed E-state index contributed by atoms with van der Waals surface area (Å²) >= 11 is 0. The van der Waals surface area contributed by atoms with Crippen molar-refractivity contribution >= 4 is 10.9 Å². The Morgan fingerprint density at radius 2 is 2.32 bits per heavy atom. The van der Waals surface area contributed by atoms with Crippen LogP contribution < -0.4 is 0 Å². The van der Waals surface area contributed by atoms with Crippen LogP contribution in [0.3, 0.4) is 0 Å². The molecule has 1 aromatic heterocycles. The summed E-state index contributed by atoms with van der Waals surface area (Å²) in [6, 6.07) is 5.62. The molecule has 0 aliphatic carbocycles. The van der Waals surface area contributed by atoms with E-state index in [2.05, 4.69) is 22.0 Å². The minimum absolute atomic E-state index is 0.216. The van der Waals surface area contributed by atoms with E-state index in [9.17, 15) is 4.39 Å². The Morgan fingerprint density at radius 1 is 1.42 bits per heavy atom. The molecule has 4 heteroatoms. The summed E-state index contributed by atoms with van der Waals surface area (Å²) in [6.45, 7) is 4.67. The van der Waals surface area contributed by atoms with Crippen LogP contribution in [0.25, 0.3) is 10.9 Å². The van der Waals surface area contributed by atoms with E-state index in [0.717, 1.165) is 29.4 Å². The lowest BCUT2D eigenvalue weighted by atomic mass is 9.84. The number of H-pyrrole nitrogens is 1.